The molecular weight excluding hydrogens is 442 g/mol. The van der Waals surface area contributed by atoms with Gasteiger partial charge in [-0.05, 0) is 60.7 Å². The van der Waals surface area contributed by atoms with Gasteiger partial charge in [-0.3, -0.25) is 14.5 Å². The van der Waals surface area contributed by atoms with E-state index in [1.54, 1.807) is 28.4 Å². The molecule has 0 fully saturated rings. The number of carbonyl (C=O) groups is 2. The molecule has 1 atom stereocenters. The molecule has 0 aliphatic carbocycles. The molecule has 0 saturated carbocycles. The predicted molar refractivity (Wildman–Crippen MR) is 130 cm³/mol. The van der Waals surface area contributed by atoms with Crippen LogP contribution in [0.1, 0.15) is 28.5 Å². The van der Waals surface area contributed by atoms with Crippen molar-refractivity contribution < 1.29 is 9.59 Å². The maximum Gasteiger partial charge on any atom is 0.275 e. The van der Waals surface area contributed by atoms with E-state index in [1.807, 2.05) is 72.3 Å². The van der Waals surface area contributed by atoms with E-state index in [0.717, 1.165) is 27.0 Å². The summed E-state index contributed by atoms with van der Waals surface area (Å²) in [5, 5.41) is 6.73. The van der Waals surface area contributed by atoms with E-state index in [9.17, 15) is 9.59 Å². The summed E-state index contributed by atoms with van der Waals surface area (Å²) in [4.78, 5) is 30.1. The average Bonchev–Trinajstić information content (AvgIpc) is 3.37. The van der Waals surface area contributed by atoms with Crippen LogP contribution >= 0.6 is 22.9 Å². The molecule has 7 heteroatoms. The summed E-state index contributed by atoms with van der Waals surface area (Å²) in [7, 11) is 0. The van der Waals surface area contributed by atoms with Crippen molar-refractivity contribution in [2.75, 3.05) is 4.90 Å². The van der Waals surface area contributed by atoms with E-state index >= 15 is 0 Å². The highest BCUT2D eigenvalue weighted by Gasteiger charge is 2.49. The van der Waals surface area contributed by atoms with Gasteiger partial charge in [0, 0.05) is 22.6 Å². The maximum absolute atomic E-state index is 13.8. The van der Waals surface area contributed by atoms with Gasteiger partial charge >= 0.3 is 0 Å². The summed E-state index contributed by atoms with van der Waals surface area (Å²) in [6, 6.07) is 19.0. The van der Waals surface area contributed by atoms with Gasteiger partial charge in [0.15, 0.2) is 0 Å². The van der Waals surface area contributed by atoms with Crippen LogP contribution in [-0.2, 0) is 17.9 Å². The summed E-state index contributed by atoms with van der Waals surface area (Å²) in [5.74, 6) is -0.369. The second-order valence-electron chi connectivity index (χ2n) is 8.31. The largest absolute Gasteiger partial charge is 0.350 e. The van der Waals surface area contributed by atoms with Crippen molar-refractivity contribution in [2.45, 2.75) is 32.5 Å². The van der Waals surface area contributed by atoms with E-state index in [1.165, 1.54) is 0 Å². The van der Waals surface area contributed by atoms with Crippen molar-refractivity contribution in [3.8, 4) is 0 Å². The van der Waals surface area contributed by atoms with Crippen LogP contribution in [0.5, 0.6) is 0 Å². The van der Waals surface area contributed by atoms with E-state index in [-0.39, 0.29) is 11.8 Å². The Morgan fingerprint density at radius 2 is 1.91 bits per heavy atom. The number of fused-ring (bicyclic) bond motifs is 3. The number of para-hydroxylation sites is 1. The van der Waals surface area contributed by atoms with Gasteiger partial charge in [0.1, 0.15) is 16.1 Å². The second kappa shape index (κ2) is 7.80. The van der Waals surface area contributed by atoms with Crippen LogP contribution in [0.15, 0.2) is 66.0 Å². The van der Waals surface area contributed by atoms with E-state index in [4.69, 9.17) is 11.6 Å². The van der Waals surface area contributed by atoms with Crippen LogP contribution in [0.2, 0.25) is 5.02 Å². The molecule has 4 aromatic rings. The smallest absolute Gasteiger partial charge is 0.275 e. The molecule has 1 aliphatic heterocycles. The minimum Gasteiger partial charge on any atom is -0.350 e. The monoisotopic (exact) mass is 463 g/mol. The van der Waals surface area contributed by atoms with Crippen molar-refractivity contribution in [1.29, 1.82) is 0 Å². The van der Waals surface area contributed by atoms with Gasteiger partial charge in [0.05, 0.1) is 6.54 Å². The zero-order chi connectivity index (χ0) is 22.5. The average molecular weight is 464 g/mol. The molecule has 2 aromatic carbocycles. The number of nitrogens with zero attached hydrogens (tertiary/aromatic N) is 2. The number of benzene rings is 2. The molecule has 0 unspecified atom stereocenters. The predicted octanol–water partition coefficient (Wildman–Crippen LogP) is 5.40. The van der Waals surface area contributed by atoms with Gasteiger partial charge in [-0.15, -0.1) is 11.3 Å². The number of hydrogen-bond acceptors (Lipinski definition) is 3. The van der Waals surface area contributed by atoms with Gasteiger partial charge in [-0.25, -0.2) is 0 Å². The number of rotatable bonds is 4. The number of halogens is 1. The molecule has 162 valence electrons. The summed E-state index contributed by atoms with van der Waals surface area (Å²) in [6.45, 7) is 4.53. The van der Waals surface area contributed by atoms with Crippen LogP contribution in [0, 0.1) is 6.92 Å². The Morgan fingerprint density at radius 3 is 2.66 bits per heavy atom. The normalized spacial score (nSPS) is 18.1. The van der Waals surface area contributed by atoms with Gasteiger partial charge in [-0.1, -0.05) is 41.9 Å². The standard InChI is InChI=1S/C25H22ClN3O2S/c1-16-5-3-4-6-20(16)29-22(30)21-13-18-11-12-32-23(18)28(21)15-25(29,2)24(31)27-14-17-7-9-19(26)10-8-17/h3-13H,14-15H2,1-2H3,(H,27,31)/t25-/m0/s1. The number of carbonyl (C=O) groups excluding carboxylic acids is 2. The molecule has 32 heavy (non-hydrogen) atoms. The van der Waals surface area contributed by atoms with Crippen molar-refractivity contribution in [1.82, 2.24) is 9.88 Å². The van der Waals surface area contributed by atoms with Crippen molar-refractivity contribution >= 4 is 50.7 Å². The van der Waals surface area contributed by atoms with Crippen LogP contribution in [0.25, 0.3) is 10.2 Å². The van der Waals surface area contributed by atoms with Crippen molar-refractivity contribution in [3.05, 3.63) is 87.9 Å². The Hall–Kier alpha value is -3.09. The topological polar surface area (TPSA) is 54.3 Å². The first-order valence-corrected chi connectivity index (χ1v) is 11.6. The molecule has 1 aliphatic rings. The molecule has 0 spiro atoms. The molecule has 1 N–H and O–H groups in total. The fourth-order valence-corrected chi connectivity index (χ4v) is 5.39. The molecule has 5 nitrogen and oxygen atoms in total. The zero-order valence-corrected chi connectivity index (χ0v) is 19.3. The maximum atomic E-state index is 13.8. The van der Waals surface area contributed by atoms with Crippen molar-refractivity contribution in [3.63, 3.8) is 0 Å². The lowest BCUT2D eigenvalue weighted by atomic mass is 9.93. The fraction of sp³-hybridized carbons (Fsp3) is 0.200. The lowest BCUT2D eigenvalue weighted by molar-refractivity contribution is -0.126. The minimum absolute atomic E-state index is 0.168. The second-order valence-corrected chi connectivity index (χ2v) is 9.64. The summed E-state index contributed by atoms with van der Waals surface area (Å²) in [6.07, 6.45) is 0. The quantitative estimate of drug-likeness (QED) is 0.440. The van der Waals surface area contributed by atoms with Gasteiger partial charge in [-0.2, -0.15) is 0 Å². The molecule has 0 saturated heterocycles. The lowest BCUT2D eigenvalue weighted by Gasteiger charge is -2.44. The molecule has 0 radical (unpaired) electrons. The first kappa shape index (κ1) is 20.8. The van der Waals surface area contributed by atoms with E-state index in [2.05, 4.69) is 5.32 Å². The first-order valence-electron chi connectivity index (χ1n) is 10.4. The van der Waals surface area contributed by atoms with Gasteiger partial charge in [0.2, 0.25) is 5.91 Å². The highest BCUT2D eigenvalue weighted by molar-refractivity contribution is 7.16. The van der Waals surface area contributed by atoms with E-state index < -0.39 is 5.54 Å². The SMILES string of the molecule is Cc1ccccc1N1C(=O)c2cc3ccsc3n2C[C@@]1(C)C(=O)NCc1ccc(Cl)cc1. The van der Waals surface area contributed by atoms with Gasteiger partial charge in [0.25, 0.3) is 5.91 Å². The Bertz CT molecular complexity index is 1340. The number of amides is 2. The fourth-order valence-electron chi connectivity index (χ4n) is 4.36. The Balaban J connectivity index is 1.57. The molecular formula is C25H22ClN3O2S. The molecule has 5 rings (SSSR count). The van der Waals surface area contributed by atoms with Crippen molar-refractivity contribution in [2.24, 2.45) is 0 Å². The molecule has 3 heterocycles. The number of aryl methyl sites for hydroxylation is 1. The molecule has 0 bridgehead atoms. The Morgan fingerprint density at radius 1 is 1.16 bits per heavy atom. The first-order chi connectivity index (χ1) is 15.4. The molecule has 2 amide bonds. The third-order valence-corrected chi connectivity index (χ3v) is 7.30. The molecule has 2 aromatic heterocycles. The summed E-state index contributed by atoms with van der Waals surface area (Å²) >= 11 is 7.56. The Kier molecular flexibility index (Phi) is 5.07. The van der Waals surface area contributed by atoms with Gasteiger partial charge < -0.3 is 9.88 Å². The Labute approximate surface area is 195 Å². The number of anilines is 1. The third kappa shape index (κ3) is 3.31. The number of thiophene rings is 1. The lowest BCUT2D eigenvalue weighted by Crippen LogP contribution is -2.64. The zero-order valence-electron chi connectivity index (χ0n) is 17.8. The highest BCUT2D eigenvalue weighted by Crippen LogP contribution is 2.38. The van der Waals surface area contributed by atoms with Crippen LogP contribution in [0.3, 0.4) is 0 Å². The van der Waals surface area contributed by atoms with Crippen LogP contribution < -0.4 is 10.2 Å². The minimum atomic E-state index is -1.10. The highest BCUT2D eigenvalue weighted by atomic mass is 35.5. The number of aromatic nitrogens is 1. The third-order valence-electron chi connectivity index (χ3n) is 6.10. The summed E-state index contributed by atoms with van der Waals surface area (Å²) < 4.78 is 1.99. The summed E-state index contributed by atoms with van der Waals surface area (Å²) in [5.41, 5.74) is 2.15. The number of hydrogen-bond donors (Lipinski definition) is 1. The van der Waals surface area contributed by atoms with Crippen LogP contribution in [-0.4, -0.2) is 21.9 Å². The van der Waals surface area contributed by atoms with E-state index in [0.29, 0.717) is 23.8 Å². The number of nitrogens with one attached hydrogen (secondary N) is 1. The van der Waals surface area contributed by atoms with Crippen LogP contribution in [0.4, 0.5) is 5.69 Å².